The Morgan fingerprint density at radius 1 is 1.33 bits per heavy atom. The molecule has 0 spiro atoms. The normalized spacial score (nSPS) is 21.3. The Hall–Kier alpha value is -2.08. The Morgan fingerprint density at radius 2 is 2.00 bits per heavy atom. The number of nitrogens with zero attached hydrogens (tertiary/aromatic N) is 2. The molecule has 1 unspecified atom stereocenters. The number of carbonyl (C=O) groups is 2. The van der Waals surface area contributed by atoms with Crippen molar-refractivity contribution in [2.24, 2.45) is 0 Å². The average molecular weight is 292 g/mol. The molecule has 2 amide bonds. The van der Waals surface area contributed by atoms with Crippen molar-refractivity contribution in [3.63, 3.8) is 0 Å². The van der Waals surface area contributed by atoms with Crippen molar-refractivity contribution in [3.8, 4) is 0 Å². The summed E-state index contributed by atoms with van der Waals surface area (Å²) in [5, 5.41) is 18.8. The van der Waals surface area contributed by atoms with Gasteiger partial charge in [-0.15, -0.1) is 0 Å². The minimum atomic E-state index is -1.07. The number of urea groups is 1. The van der Waals surface area contributed by atoms with Crippen molar-refractivity contribution < 1.29 is 19.8 Å². The first-order chi connectivity index (χ1) is 10.0. The van der Waals surface area contributed by atoms with Crippen molar-refractivity contribution in [3.05, 3.63) is 35.9 Å². The summed E-state index contributed by atoms with van der Waals surface area (Å²) in [7, 11) is 0. The van der Waals surface area contributed by atoms with Crippen LogP contribution in [0.4, 0.5) is 4.79 Å². The molecule has 1 saturated heterocycles. The maximum Gasteiger partial charge on any atom is 0.326 e. The predicted octanol–water partition coefficient (Wildman–Crippen LogP) is 1.15. The lowest BCUT2D eigenvalue weighted by atomic mass is 10.2. The number of aliphatic carboxylic acids is 1. The second-order valence-corrected chi connectivity index (χ2v) is 5.18. The standard InChI is InChI=1S/C15H20N2O4/c1-2-16(9-11-6-4-3-5-7-11)15(21)17-10-12(18)8-13(17)14(19)20/h3-7,12-13,18H,2,8-10H2,1H3,(H,19,20)/t12?,13-/m0/s1. The lowest BCUT2D eigenvalue weighted by Crippen LogP contribution is -2.47. The molecule has 2 N–H and O–H groups in total. The number of amides is 2. The zero-order valence-electron chi connectivity index (χ0n) is 12.0. The van der Waals surface area contributed by atoms with Crippen LogP contribution in [0.15, 0.2) is 30.3 Å². The van der Waals surface area contributed by atoms with Crippen molar-refractivity contribution in [2.45, 2.75) is 32.0 Å². The van der Waals surface area contributed by atoms with Crippen molar-refractivity contribution in [1.82, 2.24) is 9.80 Å². The number of likely N-dealkylation sites (tertiary alicyclic amines) is 1. The summed E-state index contributed by atoms with van der Waals surface area (Å²) in [6, 6.07) is 8.24. The van der Waals surface area contributed by atoms with Crippen LogP contribution < -0.4 is 0 Å². The summed E-state index contributed by atoms with van der Waals surface area (Å²) in [6.07, 6.45) is -0.685. The fourth-order valence-corrected chi connectivity index (χ4v) is 2.56. The molecular formula is C15H20N2O4. The number of benzene rings is 1. The number of β-amino-alcohol motifs (C(OH)–C–C–N with tert-alkyl or cyclic N) is 1. The van der Waals surface area contributed by atoms with Gasteiger partial charge in [0.25, 0.3) is 0 Å². The summed E-state index contributed by atoms with van der Waals surface area (Å²) in [6.45, 7) is 2.83. The van der Waals surface area contributed by atoms with Crippen molar-refractivity contribution in [2.75, 3.05) is 13.1 Å². The molecular weight excluding hydrogens is 272 g/mol. The number of aliphatic hydroxyl groups is 1. The van der Waals surface area contributed by atoms with Crippen LogP contribution in [0.1, 0.15) is 18.9 Å². The molecule has 114 valence electrons. The maximum atomic E-state index is 12.5. The molecule has 0 aliphatic carbocycles. The first-order valence-electron chi connectivity index (χ1n) is 7.03. The highest BCUT2D eigenvalue weighted by atomic mass is 16.4. The van der Waals surface area contributed by atoms with E-state index in [-0.39, 0.29) is 19.0 Å². The number of carboxylic acid groups (broad SMARTS) is 1. The number of hydrogen-bond donors (Lipinski definition) is 2. The fourth-order valence-electron chi connectivity index (χ4n) is 2.56. The van der Waals surface area contributed by atoms with E-state index in [1.165, 1.54) is 4.90 Å². The smallest absolute Gasteiger partial charge is 0.326 e. The van der Waals surface area contributed by atoms with Gasteiger partial charge in [-0.25, -0.2) is 9.59 Å². The third-order valence-corrected chi connectivity index (χ3v) is 3.68. The van der Waals surface area contributed by atoms with Gasteiger partial charge in [0.1, 0.15) is 6.04 Å². The third kappa shape index (κ3) is 3.52. The average Bonchev–Trinajstić information content (AvgIpc) is 2.87. The lowest BCUT2D eigenvalue weighted by molar-refractivity contribution is -0.141. The minimum absolute atomic E-state index is 0.0705. The molecule has 0 radical (unpaired) electrons. The van der Waals surface area contributed by atoms with E-state index >= 15 is 0 Å². The molecule has 6 nitrogen and oxygen atoms in total. The fraction of sp³-hybridized carbons (Fsp3) is 0.467. The van der Waals surface area contributed by atoms with Crippen LogP contribution in [0.25, 0.3) is 0 Å². The van der Waals surface area contributed by atoms with Crippen LogP contribution in [-0.2, 0) is 11.3 Å². The van der Waals surface area contributed by atoms with Crippen LogP contribution in [0.2, 0.25) is 0 Å². The highest BCUT2D eigenvalue weighted by molar-refractivity contribution is 5.83. The number of rotatable bonds is 4. The number of carboxylic acids is 1. The van der Waals surface area contributed by atoms with E-state index < -0.39 is 18.1 Å². The summed E-state index contributed by atoms with van der Waals surface area (Å²) >= 11 is 0. The van der Waals surface area contributed by atoms with E-state index in [0.717, 1.165) is 5.56 Å². The largest absolute Gasteiger partial charge is 0.480 e. The minimum Gasteiger partial charge on any atom is -0.480 e. The molecule has 0 aromatic heterocycles. The summed E-state index contributed by atoms with van der Waals surface area (Å²) in [4.78, 5) is 26.6. The van der Waals surface area contributed by atoms with E-state index in [0.29, 0.717) is 13.1 Å². The van der Waals surface area contributed by atoms with Crippen molar-refractivity contribution >= 4 is 12.0 Å². The highest BCUT2D eigenvalue weighted by Gasteiger charge is 2.40. The first kappa shape index (κ1) is 15.3. The molecule has 0 saturated carbocycles. The Morgan fingerprint density at radius 3 is 2.57 bits per heavy atom. The molecule has 1 aliphatic rings. The third-order valence-electron chi connectivity index (χ3n) is 3.68. The quantitative estimate of drug-likeness (QED) is 0.872. The van der Waals surface area contributed by atoms with Gasteiger partial charge in [-0.05, 0) is 12.5 Å². The van der Waals surface area contributed by atoms with E-state index in [1.807, 2.05) is 37.3 Å². The Labute approximate surface area is 123 Å². The second-order valence-electron chi connectivity index (χ2n) is 5.18. The summed E-state index contributed by atoms with van der Waals surface area (Å²) < 4.78 is 0. The number of carbonyl (C=O) groups excluding carboxylic acids is 1. The van der Waals surface area contributed by atoms with E-state index in [4.69, 9.17) is 0 Å². The molecule has 2 atom stereocenters. The predicted molar refractivity (Wildman–Crippen MR) is 76.7 cm³/mol. The molecule has 21 heavy (non-hydrogen) atoms. The highest BCUT2D eigenvalue weighted by Crippen LogP contribution is 2.20. The second kappa shape index (κ2) is 6.58. The van der Waals surface area contributed by atoms with Gasteiger partial charge in [0, 0.05) is 26.1 Å². The lowest BCUT2D eigenvalue weighted by Gasteiger charge is -2.29. The molecule has 1 heterocycles. The molecule has 0 bridgehead atoms. The molecule has 6 heteroatoms. The van der Waals surface area contributed by atoms with E-state index in [9.17, 15) is 19.8 Å². The van der Waals surface area contributed by atoms with Gasteiger partial charge in [-0.2, -0.15) is 0 Å². The monoisotopic (exact) mass is 292 g/mol. The van der Waals surface area contributed by atoms with Gasteiger partial charge in [-0.3, -0.25) is 0 Å². The Kier molecular flexibility index (Phi) is 4.80. The van der Waals surface area contributed by atoms with Crippen LogP contribution >= 0.6 is 0 Å². The van der Waals surface area contributed by atoms with Gasteiger partial charge in [-0.1, -0.05) is 30.3 Å². The summed E-state index contributed by atoms with van der Waals surface area (Å²) in [5.41, 5.74) is 0.985. The molecule has 2 rings (SSSR count). The molecule has 1 aromatic rings. The van der Waals surface area contributed by atoms with Crippen LogP contribution in [0.3, 0.4) is 0 Å². The van der Waals surface area contributed by atoms with E-state index in [2.05, 4.69) is 0 Å². The van der Waals surface area contributed by atoms with Crippen LogP contribution in [0.5, 0.6) is 0 Å². The summed E-state index contributed by atoms with van der Waals surface area (Å²) in [5.74, 6) is -1.07. The Bertz CT molecular complexity index is 506. The first-order valence-corrected chi connectivity index (χ1v) is 7.03. The molecule has 1 fully saturated rings. The molecule has 1 aromatic carbocycles. The molecule has 1 aliphatic heterocycles. The van der Waals surface area contributed by atoms with Gasteiger partial charge < -0.3 is 20.0 Å². The van der Waals surface area contributed by atoms with Crippen LogP contribution in [0, 0.1) is 0 Å². The van der Waals surface area contributed by atoms with Crippen LogP contribution in [-0.4, -0.2) is 57.2 Å². The van der Waals surface area contributed by atoms with Gasteiger partial charge in [0.15, 0.2) is 0 Å². The zero-order valence-corrected chi connectivity index (χ0v) is 12.0. The topological polar surface area (TPSA) is 81.1 Å². The van der Waals surface area contributed by atoms with Gasteiger partial charge >= 0.3 is 12.0 Å². The zero-order chi connectivity index (χ0) is 15.4. The van der Waals surface area contributed by atoms with Crippen molar-refractivity contribution in [1.29, 1.82) is 0 Å². The van der Waals surface area contributed by atoms with Gasteiger partial charge in [0.05, 0.1) is 6.10 Å². The number of aliphatic hydroxyl groups excluding tert-OH is 1. The van der Waals surface area contributed by atoms with Gasteiger partial charge in [0.2, 0.25) is 0 Å². The van der Waals surface area contributed by atoms with E-state index in [1.54, 1.807) is 4.90 Å². The SMILES string of the molecule is CCN(Cc1ccccc1)C(=O)N1CC(O)C[C@H]1C(=O)O. The number of hydrogen-bond acceptors (Lipinski definition) is 3. The maximum absolute atomic E-state index is 12.5. The Balaban J connectivity index is 2.10.